The second kappa shape index (κ2) is 8.61. The Morgan fingerprint density at radius 2 is 1.89 bits per heavy atom. The summed E-state index contributed by atoms with van der Waals surface area (Å²) in [4.78, 5) is 16.7. The van der Waals surface area contributed by atoms with Crippen LogP contribution in [-0.4, -0.2) is 50.2 Å². The Morgan fingerprint density at radius 1 is 1.15 bits per heavy atom. The van der Waals surface area contributed by atoms with Crippen LogP contribution in [0.3, 0.4) is 0 Å². The topological polar surface area (TPSA) is 42.0 Å². The zero-order valence-electron chi connectivity index (χ0n) is 15.3. The molecular weight excluding hydrogens is 415 g/mol. The largest absolute Gasteiger partial charge is 0.497 e. The van der Waals surface area contributed by atoms with Gasteiger partial charge in [-0.3, -0.25) is 4.79 Å². The van der Waals surface area contributed by atoms with Crippen molar-refractivity contribution in [2.24, 2.45) is 0 Å². The third-order valence-electron chi connectivity index (χ3n) is 4.56. The van der Waals surface area contributed by atoms with E-state index < -0.39 is 6.10 Å². The van der Waals surface area contributed by atoms with E-state index in [4.69, 9.17) is 9.47 Å². The first-order valence-electron chi connectivity index (χ1n) is 8.77. The van der Waals surface area contributed by atoms with Gasteiger partial charge in [0.25, 0.3) is 5.91 Å². The number of hydrogen-bond acceptors (Lipinski definition) is 4. The van der Waals surface area contributed by atoms with Crippen molar-refractivity contribution in [2.75, 3.05) is 38.2 Å². The summed E-state index contributed by atoms with van der Waals surface area (Å²) < 4.78 is 24.7. The molecule has 27 heavy (non-hydrogen) atoms. The number of methoxy groups -OCH3 is 1. The van der Waals surface area contributed by atoms with Gasteiger partial charge in [0, 0.05) is 37.9 Å². The minimum absolute atomic E-state index is 0.0727. The molecular formula is C20H22BrFN2O3. The first kappa shape index (κ1) is 19.5. The highest BCUT2D eigenvalue weighted by molar-refractivity contribution is 9.10. The summed E-state index contributed by atoms with van der Waals surface area (Å²) in [6.45, 7) is 4.44. The second-order valence-electron chi connectivity index (χ2n) is 6.35. The quantitative estimate of drug-likeness (QED) is 0.716. The maximum absolute atomic E-state index is 13.2. The molecule has 1 aliphatic rings. The molecule has 0 radical (unpaired) electrons. The number of hydrogen-bond donors (Lipinski definition) is 0. The SMILES string of the molecule is COc1cccc(N2CCN(C(=O)C(C)Oc3ccc(F)cc3Br)CC2)c1. The number of piperazine rings is 1. The predicted molar refractivity (Wildman–Crippen MR) is 106 cm³/mol. The van der Waals surface area contributed by atoms with E-state index in [1.807, 2.05) is 24.3 Å². The van der Waals surface area contributed by atoms with Crippen molar-refractivity contribution in [3.8, 4) is 11.5 Å². The Bertz CT molecular complexity index is 810. The molecule has 1 atom stereocenters. The van der Waals surface area contributed by atoms with E-state index in [-0.39, 0.29) is 11.7 Å². The molecule has 1 heterocycles. The Morgan fingerprint density at radius 3 is 2.56 bits per heavy atom. The molecule has 1 saturated heterocycles. The van der Waals surface area contributed by atoms with Gasteiger partial charge in [0.2, 0.25) is 0 Å². The van der Waals surface area contributed by atoms with Gasteiger partial charge in [-0.25, -0.2) is 4.39 Å². The molecule has 144 valence electrons. The molecule has 5 nitrogen and oxygen atoms in total. The molecule has 3 rings (SSSR count). The maximum atomic E-state index is 13.2. The Hall–Kier alpha value is -2.28. The normalized spacial score (nSPS) is 15.4. The van der Waals surface area contributed by atoms with Crippen molar-refractivity contribution in [3.05, 3.63) is 52.8 Å². The summed E-state index contributed by atoms with van der Waals surface area (Å²) in [6.07, 6.45) is -0.643. The lowest BCUT2D eigenvalue weighted by Crippen LogP contribution is -2.52. The molecule has 1 unspecified atom stereocenters. The van der Waals surface area contributed by atoms with Crippen LogP contribution >= 0.6 is 15.9 Å². The Kier molecular flexibility index (Phi) is 6.21. The van der Waals surface area contributed by atoms with E-state index >= 15 is 0 Å². The first-order chi connectivity index (χ1) is 13.0. The zero-order valence-corrected chi connectivity index (χ0v) is 16.9. The van der Waals surface area contributed by atoms with Gasteiger partial charge in [0.15, 0.2) is 6.10 Å². The van der Waals surface area contributed by atoms with E-state index in [0.29, 0.717) is 23.3 Å². The van der Waals surface area contributed by atoms with Crippen molar-refractivity contribution >= 4 is 27.5 Å². The standard InChI is InChI=1S/C20H22BrFN2O3/c1-14(27-19-7-6-15(22)12-18(19)21)20(25)24-10-8-23(9-11-24)16-4-3-5-17(13-16)26-2/h3-7,12-14H,8-11H2,1-2H3. The van der Waals surface area contributed by atoms with Crippen LogP contribution in [0.4, 0.5) is 10.1 Å². The Balaban J connectivity index is 1.57. The molecule has 0 N–H and O–H groups in total. The lowest BCUT2D eigenvalue weighted by atomic mass is 10.2. The summed E-state index contributed by atoms with van der Waals surface area (Å²) in [6, 6.07) is 12.1. The minimum Gasteiger partial charge on any atom is -0.497 e. The highest BCUT2D eigenvalue weighted by Crippen LogP contribution is 2.27. The number of rotatable bonds is 5. The number of carbonyl (C=O) groups excluding carboxylic acids is 1. The van der Waals surface area contributed by atoms with Crippen LogP contribution in [0, 0.1) is 5.82 Å². The van der Waals surface area contributed by atoms with Crippen molar-refractivity contribution in [1.82, 2.24) is 4.90 Å². The summed E-state index contributed by atoms with van der Waals surface area (Å²) in [5.74, 6) is 0.837. The fraction of sp³-hybridized carbons (Fsp3) is 0.350. The lowest BCUT2D eigenvalue weighted by molar-refractivity contribution is -0.138. The van der Waals surface area contributed by atoms with Crippen LogP contribution in [0.15, 0.2) is 46.9 Å². The van der Waals surface area contributed by atoms with Crippen LogP contribution in [0.2, 0.25) is 0 Å². The third kappa shape index (κ3) is 4.71. The fourth-order valence-corrected chi connectivity index (χ4v) is 3.51. The van der Waals surface area contributed by atoms with Gasteiger partial charge in [-0.15, -0.1) is 0 Å². The van der Waals surface area contributed by atoms with Gasteiger partial charge >= 0.3 is 0 Å². The minimum atomic E-state index is -0.643. The van der Waals surface area contributed by atoms with Crippen LogP contribution in [0.25, 0.3) is 0 Å². The highest BCUT2D eigenvalue weighted by Gasteiger charge is 2.26. The van der Waals surface area contributed by atoms with E-state index in [1.165, 1.54) is 18.2 Å². The molecule has 7 heteroatoms. The van der Waals surface area contributed by atoms with Crippen molar-refractivity contribution in [3.63, 3.8) is 0 Å². The molecule has 0 aliphatic carbocycles. The maximum Gasteiger partial charge on any atom is 0.263 e. The number of benzene rings is 2. The summed E-state index contributed by atoms with van der Waals surface area (Å²) >= 11 is 3.26. The molecule has 1 amide bonds. The first-order valence-corrected chi connectivity index (χ1v) is 9.56. The van der Waals surface area contributed by atoms with Gasteiger partial charge in [0.05, 0.1) is 11.6 Å². The Labute approximate surface area is 166 Å². The molecule has 0 aromatic heterocycles. The van der Waals surface area contributed by atoms with Crippen LogP contribution in [-0.2, 0) is 4.79 Å². The number of halogens is 2. The van der Waals surface area contributed by atoms with Gasteiger partial charge in [-0.05, 0) is 53.2 Å². The van der Waals surface area contributed by atoms with E-state index in [9.17, 15) is 9.18 Å². The van der Waals surface area contributed by atoms with Gasteiger partial charge in [0.1, 0.15) is 17.3 Å². The number of anilines is 1. The van der Waals surface area contributed by atoms with Crippen LogP contribution < -0.4 is 14.4 Å². The van der Waals surface area contributed by atoms with Crippen molar-refractivity contribution in [2.45, 2.75) is 13.0 Å². The highest BCUT2D eigenvalue weighted by atomic mass is 79.9. The molecule has 0 saturated carbocycles. The smallest absolute Gasteiger partial charge is 0.263 e. The number of ether oxygens (including phenoxy) is 2. The van der Waals surface area contributed by atoms with Gasteiger partial charge in [-0.1, -0.05) is 6.07 Å². The predicted octanol–water partition coefficient (Wildman–Crippen LogP) is 3.71. The van der Waals surface area contributed by atoms with E-state index in [2.05, 4.69) is 20.8 Å². The lowest BCUT2D eigenvalue weighted by Gasteiger charge is -2.37. The third-order valence-corrected chi connectivity index (χ3v) is 5.17. The molecule has 0 bridgehead atoms. The fourth-order valence-electron chi connectivity index (χ4n) is 3.06. The average molecular weight is 437 g/mol. The number of nitrogens with zero attached hydrogens (tertiary/aromatic N) is 2. The number of amides is 1. The number of carbonyl (C=O) groups is 1. The van der Waals surface area contributed by atoms with Crippen molar-refractivity contribution < 1.29 is 18.7 Å². The van der Waals surface area contributed by atoms with Crippen LogP contribution in [0.5, 0.6) is 11.5 Å². The molecule has 2 aromatic rings. The van der Waals surface area contributed by atoms with Crippen molar-refractivity contribution in [1.29, 1.82) is 0 Å². The second-order valence-corrected chi connectivity index (χ2v) is 7.20. The van der Waals surface area contributed by atoms with E-state index in [0.717, 1.165) is 24.5 Å². The van der Waals surface area contributed by atoms with Gasteiger partial charge < -0.3 is 19.3 Å². The van der Waals surface area contributed by atoms with Gasteiger partial charge in [-0.2, -0.15) is 0 Å². The zero-order chi connectivity index (χ0) is 19.4. The molecule has 2 aromatic carbocycles. The summed E-state index contributed by atoms with van der Waals surface area (Å²) in [5, 5.41) is 0. The summed E-state index contributed by atoms with van der Waals surface area (Å²) in [7, 11) is 1.65. The molecule has 1 aliphatic heterocycles. The molecule has 0 spiro atoms. The van der Waals surface area contributed by atoms with E-state index in [1.54, 1.807) is 18.9 Å². The van der Waals surface area contributed by atoms with Crippen LogP contribution in [0.1, 0.15) is 6.92 Å². The monoisotopic (exact) mass is 436 g/mol. The average Bonchev–Trinajstić information content (AvgIpc) is 2.69. The summed E-state index contributed by atoms with van der Waals surface area (Å²) in [5.41, 5.74) is 1.08. The molecule has 1 fully saturated rings.